The van der Waals surface area contributed by atoms with Crippen LogP contribution in [-0.2, 0) is 7.05 Å². The van der Waals surface area contributed by atoms with Crippen molar-refractivity contribution in [3.8, 4) is 0 Å². The van der Waals surface area contributed by atoms with Crippen LogP contribution in [0.4, 0.5) is 0 Å². The van der Waals surface area contributed by atoms with Crippen LogP contribution in [0.5, 0.6) is 0 Å². The summed E-state index contributed by atoms with van der Waals surface area (Å²) in [5.41, 5.74) is 9.04. The number of rotatable bonds is 2. The lowest BCUT2D eigenvalue weighted by atomic mass is 10.0. The number of aromatic nitrogens is 3. The Morgan fingerprint density at radius 1 is 1.44 bits per heavy atom. The normalized spacial score (nSPS) is 12.8. The molecule has 2 rings (SSSR count). The van der Waals surface area contributed by atoms with Crippen molar-refractivity contribution in [1.82, 2.24) is 14.8 Å². The second kappa shape index (κ2) is 4.23. The molecule has 0 fully saturated rings. The minimum Gasteiger partial charge on any atom is -0.319 e. The summed E-state index contributed by atoms with van der Waals surface area (Å²) in [4.78, 5) is 4.08. The quantitative estimate of drug-likeness (QED) is 0.866. The average molecular weight is 237 g/mol. The Bertz CT molecular complexity index is 487. The summed E-state index contributed by atoms with van der Waals surface area (Å²) in [7, 11) is 1.83. The molecule has 0 saturated carbocycles. The molecule has 5 heteroatoms. The minimum absolute atomic E-state index is 0.298. The van der Waals surface area contributed by atoms with Crippen molar-refractivity contribution >= 4 is 11.6 Å². The third kappa shape index (κ3) is 1.81. The first kappa shape index (κ1) is 11.1. The summed E-state index contributed by atoms with van der Waals surface area (Å²) in [5.74, 6) is 0. The minimum atomic E-state index is -0.298. The lowest BCUT2D eigenvalue weighted by Gasteiger charge is -2.14. The van der Waals surface area contributed by atoms with Crippen LogP contribution in [0, 0.1) is 6.92 Å². The van der Waals surface area contributed by atoms with E-state index in [1.54, 1.807) is 23.3 Å². The van der Waals surface area contributed by atoms with Crippen LogP contribution in [0.1, 0.15) is 22.9 Å². The van der Waals surface area contributed by atoms with E-state index in [1.807, 2.05) is 20.0 Å². The summed E-state index contributed by atoms with van der Waals surface area (Å²) < 4.78 is 1.69. The molecule has 0 bridgehead atoms. The van der Waals surface area contributed by atoms with Crippen molar-refractivity contribution in [3.05, 3.63) is 46.5 Å². The summed E-state index contributed by atoms with van der Waals surface area (Å²) in [5, 5.41) is 4.66. The van der Waals surface area contributed by atoms with Gasteiger partial charge >= 0.3 is 0 Å². The predicted octanol–water partition coefficient (Wildman–Crippen LogP) is 1.83. The molecule has 0 aliphatic carbocycles. The zero-order chi connectivity index (χ0) is 11.7. The number of halogens is 1. The number of aryl methyl sites for hydroxylation is 2. The maximum Gasteiger partial charge on any atom is 0.0837 e. The Balaban J connectivity index is 2.47. The summed E-state index contributed by atoms with van der Waals surface area (Å²) in [6, 6.07) is 1.63. The van der Waals surface area contributed by atoms with E-state index in [0.717, 1.165) is 16.8 Å². The van der Waals surface area contributed by atoms with Gasteiger partial charge in [0.05, 0.1) is 23.0 Å². The fraction of sp³-hybridized carbons (Fsp3) is 0.273. The monoisotopic (exact) mass is 236 g/mol. The van der Waals surface area contributed by atoms with Gasteiger partial charge in [0, 0.05) is 19.4 Å². The van der Waals surface area contributed by atoms with Crippen molar-refractivity contribution in [3.63, 3.8) is 0 Å². The molecular weight excluding hydrogens is 224 g/mol. The van der Waals surface area contributed by atoms with Gasteiger partial charge in [-0.1, -0.05) is 11.6 Å². The van der Waals surface area contributed by atoms with E-state index in [1.165, 1.54) is 0 Å². The van der Waals surface area contributed by atoms with Crippen molar-refractivity contribution in [2.24, 2.45) is 12.8 Å². The highest BCUT2D eigenvalue weighted by Crippen LogP contribution is 2.26. The van der Waals surface area contributed by atoms with Gasteiger partial charge in [0.1, 0.15) is 0 Å². The highest BCUT2D eigenvalue weighted by molar-refractivity contribution is 6.31. The first-order valence-electron chi connectivity index (χ1n) is 4.94. The number of hydrogen-bond acceptors (Lipinski definition) is 3. The molecule has 2 N–H and O–H groups in total. The molecule has 1 unspecified atom stereocenters. The molecule has 0 amide bonds. The van der Waals surface area contributed by atoms with Crippen molar-refractivity contribution < 1.29 is 0 Å². The molecule has 2 aromatic heterocycles. The van der Waals surface area contributed by atoms with Crippen LogP contribution in [0.15, 0.2) is 24.7 Å². The molecule has 0 saturated heterocycles. The van der Waals surface area contributed by atoms with Crippen LogP contribution in [0.2, 0.25) is 5.02 Å². The van der Waals surface area contributed by atoms with Gasteiger partial charge in [0.15, 0.2) is 0 Å². The first-order chi connectivity index (χ1) is 7.61. The zero-order valence-electron chi connectivity index (χ0n) is 9.18. The maximum atomic E-state index is 6.18. The van der Waals surface area contributed by atoms with E-state index in [0.29, 0.717) is 5.02 Å². The van der Waals surface area contributed by atoms with E-state index in [-0.39, 0.29) is 6.04 Å². The van der Waals surface area contributed by atoms with E-state index >= 15 is 0 Å². The second-order valence-corrected chi connectivity index (χ2v) is 4.12. The SMILES string of the molecule is Cc1ccncc1C(N)c1c(Cl)cnn1C. The van der Waals surface area contributed by atoms with E-state index in [4.69, 9.17) is 17.3 Å². The summed E-state index contributed by atoms with van der Waals surface area (Å²) in [6.07, 6.45) is 5.11. The highest BCUT2D eigenvalue weighted by atomic mass is 35.5. The largest absolute Gasteiger partial charge is 0.319 e. The highest BCUT2D eigenvalue weighted by Gasteiger charge is 2.18. The Kier molecular flexibility index (Phi) is 2.94. The van der Waals surface area contributed by atoms with Crippen LogP contribution < -0.4 is 5.73 Å². The van der Waals surface area contributed by atoms with Gasteiger partial charge in [0.2, 0.25) is 0 Å². The van der Waals surface area contributed by atoms with E-state index in [9.17, 15) is 0 Å². The van der Waals surface area contributed by atoms with Crippen LogP contribution in [0.25, 0.3) is 0 Å². The summed E-state index contributed by atoms with van der Waals surface area (Å²) >= 11 is 6.06. The van der Waals surface area contributed by atoms with Crippen LogP contribution in [0.3, 0.4) is 0 Å². The Morgan fingerprint density at radius 3 is 2.75 bits per heavy atom. The van der Waals surface area contributed by atoms with Gasteiger partial charge in [0.25, 0.3) is 0 Å². The molecule has 84 valence electrons. The van der Waals surface area contributed by atoms with Crippen molar-refractivity contribution in [2.45, 2.75) is 13.0 Å². The molecule has 0 spiro atoms. The molecule has 2 aromatic rings. The Morgan fingerprint density at radius 2 is 2.19 bits per heavy atom. The molecule has 0 aliphatic heterocycles. The molecule has 2 heterocycles. The number of pyridine rings is 1. The van der Waals surface area contributed by atoms with Crippen molar-refractivity contribution in [2.75, 3.05) is 0 Å². The number of nitrogens with two attached hydrogens (primary N) is 1. The van der Waals surface area contributed by atoms with Gasteiger partial charge in [-0.05, 0) is 24.1 Å². The third-order valence-corrected chi connectivity index (χ3v) is 2.94. The molecule has 0 aliphatic rings. The molecule has 0 radical (unpaired) electrons. The molecular formula is C11H13ClN4. The maximum absolute atomic E-state index is 6.18. The predicted molar refractivity (Wildman–Crippen MR) is 63.2 cm³/mol. The molecule has 1 atom stereocenters. The molecule has 0 aromatic carbocycles. The lowest BCUT2D eigenvalue weighted by molar-refractivity contribution is 0.670. The second-order valence-electron chi connectivity index (χ2n) is 3.71. The first-order valence-corrected chi connectivity index (χ1v) is 5.32. The summed E-state index contributed by atoms with van der Waals surface area (Å²) in [6.45, 7) is 2.00. The van der Waals surface area contributed by atoms with E-state index < -0.39 is 0 Å². The van der Waals surface area contributed by atoms with Crippen LogP contribution >= 0.6 is 11.6 Å². The Labute approximate surface area is 99.1 Å². The average Bonchev–Trinajstić information content (AvgIpc) is 2.58. The molecule has 16 heavy (non-hydrogen) atoms. The topological polar surface area (TPSA) is 56.7 Å². The third-order valence-electron chi connectivity index (χ3n) is 2.65. The van der Waals surface area contributed by atoms with E-state index in [2.05, 4.69) is 10.1 Å². The van der Waals surface area contributed by atoms with Gasteiger partial charge < -0.3 is 5.73 Å². The lowest BCUT2D eigenvalue weighted by Crippen LogP contribution is -2.17. The fourth-order valence-corrected chi connectivity index (χ4v) is 2.00. The van der Waals surface area contributed by atoms with Gasteiger partial charge in [-0.25, -0.2) is 0 Å². The molecule has 4 nitrogen and oxygen atoms in total. The van der Waals surface area contributed by atoms with Crippen LogP contribution in [-0.4, -0.2) is 14.8 Å². The zero-order valence-corrected chi connectivity index (χ0v) is 9.94. The van der Waals surface area contributed by atoms with Gasteiger partial charge in [-0.2, -0.15) is 5.10 Å². The standard InChI is InChI=1S/C11H13ClN4/c1-7-3-4-14-5-8(7)10(13)11-9(12)6-15-16(11)2/h3-6,10H,13H2,1-2H3. The number of hydrogen-bond donors (Lipinski definition) is 1. The number of nitrogens with zero attached hydrogens (tertiary/aromatic N) is 3. The smallest absolute Gasteiger partial charge is 0.0837 e. The van der Waals surface area contributed by atoms with Crippen molar-refractivity contribution in [1.29, 1.82) is 0 Å². The van der Waals surface area contributed by atoms with Gasteiger partial charge in [-0.3, -0.25) is 9.67 Å². The van der Waals surface area contributed by atoms with Gasteiger partial charge in [-0.15, -0.1) is 0 Å². The Hall–Kier alpha value is -1.39. The fourth-order valence-electron chi connectivity index (χ4n) is 1.72.